The average Bonchev–Trinajstić information content (AvgIpc) is 3.96. The van der Waals surface area contributed by atoms with Crippen molar-refractivity contribution in [1.82, 2.24) is 13.9 Å². The number of rotatable bonds is 6. The number of benzene rings is 5. The van der Waals surface area contributed by atoms with E-state index in [0.29, 0.717) is 22.0 Å². The molecule has 0 bridgehead atoms. The minimum Gasteiger partial charge on any atom is -1.00 e. The maximum atomic E-state index is 14.7. The van der Waals surface area contributed by atoms with Gasteiger partial charge in [-0.3, -0.25) is 9.59 Å². The molecule has 0 aromatic heterocycles. The Balaban J connectivity index is 0.00000436. The second kappa shape index (κ2) is 14.8. The quantitative estimate of drug-likeness (QED) is 0.142. The second-order valence-electron chi connectivity index (χ2n) is 15.1. The predicted octanol–water partition coefficient (Wildman–Crippen LogP) is 3.57. The lowest BCUT2D eigenvalue weighted by Gasteiger charge is -2.31. The van der Waals surface area contributed by atoms with Crippen molar-refractivity contribution in [1.29, 1.82) is 0 Å². The van der Waals surface area contributed by atoms with Crippen LogP contribution >= 0.6 is 0 Å². The summed E-state index contributed by atoms with van der Waals surface area (Å²) in [7, 11) is -4.06. The summed E-state index contributed by atoms with van der Waals surface area (Å²) in [4.78, 5) is 44.6. The zero-order valence-electron chi connectivity index (χ0n) is 31.5. The molecule has 11 nitrogen and oxygen atoms in total. The van der Waals surface area contributed by atoms with Gasteiger partial charge in [0, 0.05) is 96.1 Å². The molecule has 0 saturated carbocycles. The van der Waals surface area contributed by atoms with Crippen LogP contribution in [0.25, 0.3) is 33.4 Å². The molecule has 1 aliphatic carbocycles. The van der Waals surface area contributed by atoms with Crippen LogP contribution in [0.15, 0.2) is 119 Å². The summed E-state index contributed by atoms with van der Waals surface area (Å²) in [5.41, 5.74) is 8.64. The van der Waals surface area contributed by atoms with E-state index in [2.05, 4.69) is 82.3 Å². The van der Waals surface area contributed by atoms with Gasteiger partial charge in [0.05, 0.1) is 16.9 Å². The molecule has 2 fully saturated rings. The van der Waals surface area contributed by atoms with E-state index in [1.54, 1.807) is 12.1 Å². The Labute approximate surface area is 341 Å². The van der Waals surface area contributed by atoms with Gasteiger partial charge in [-0.25, -0.2) is 13.2 Å². The molecule has 0 spiro atoms. The molecule has 5 heterocycles. The number of halogens is 1. The summed E-state index contributed by atoms with van der Waals surface area (Å²) in [6.45, 7) is 1.83. The first kappa shape index (κ1) is 37.7. The van der Waals surface area contributed by atoms with E-state index in [1.165, 1.54) is 26.8 Å². The molecular formula is C45H39ClN4O7S. The van der Waals surface area contributed by atoms with Crippen molar-refractivity contribution in [2.24, 2.45) is 5.92 Å². The Morgan fingerprint density at radius 3 is 2.28 bits per heavy atom. The maximum absolute atomic E-state index is 14.7. The molecule has 2 amide bonds. The highest BCUT2D eigenvalue weighted by Crippen LogP contribution is 2.45. The van der Waals surface area contributed by atoms with Gasteiger partial charge in [0.25, 0.3) is 11.8 Å². The zero-order chi connectivity index (χ0) is 38.8. The number of hydrogen-bond acceptors (Lipinski definition) is 8. The standard InChI is InChI=1S/C45H39N4O7S.ClH/c50-42-17-18-43(51)49(42)56-45(52)31-19-23-46(24-20-31)57(53,54)41-12-6-3-9-36(41)44-34-15-13-32(47-25-21-29-7-1-4-10-37(29)47)27-39(34)55-40-28-33(14-16-35(40)44)48-26-22-30-8-2-5-11-38(30)48;/h1-16,27-28,31H,17-26H2;1H/q+1;/p-1. The van der Waals surface area contributed by atoms with E-state index in [-0.39, 0.29) is 56.1 Å². The molecule has 294 valence electrons. The minimum atomic E-state index is -4.06. The van der Waals surface area contributed by atoms with E-state index >= 15 is 0 Å². The summed E-state index contributed by atoms with van der Waals surface area (Å²) in [5, 5.41) is 2.32. The molecule has 5 aliphatic heterocycles. The van der Waals surface area contributed by atoms with Gasteiger partial charge in [0.1, 0.15) is 11.3 Å². The van der Waals surface area contributed by atoms with Gasteiger partial charge in [0.2, 0.25) is 21.1 Å². The first-order valence-electron chi connectivity index (χ1n) is 19.5. The molecule has 0 atom stereocenters. The molecule has 58 heavy (non-hydrogen) atoms. The Bertz CT molecular complexity index is 2800. The van der Waals surface area contributed by atoms with Crippen LogP contribution in [0.3, 0.4) is 0 Å². The molecule has 4 aromatic rings. The van der Waals surface area contributed by atoms with Crippen LogP contribution in [0, 0.1) is 5.92 Å². The van der Waals surface area contributed by atoms with Crippen molar-refractivity contribution in [3.63, 3.8) is 0 Å². The number of imide groups is 1. The van der Waals surface area contributed by atoms with Gasteiger partial charge in [0.15, 0.2) is 6.54 Å². The van der Waals surface area contributed by atoms with Crippen LogP contribution in [0.2, 0.25) is 0 Å². The van der Waals surface area contributed by atoms with Crippen LogP contribution in [-0.4, -0.2) is 61.7 Å². The molecule has 0 radical (unpaired) electrons. The highest BCUT2D eigenvalue weighted by molar-refractivity contribution is 7.89. The lowest BCUT2D eigenvalue weighted by atomic mass is 9.93. The first-order chi connectivity index (χ1) is 27.7. The Morgan fingerprint density at radius 2 is 1.47 bits per heavy atom. The third-order valence-corrected chi connectivity index (χ3v) is 13.8. The fraction of sp³-hybridized carbons (Fsp3) is 0.244. The Hall–Kier alpha value is -5.82. The SMILES string of the molecule is O=C(ON1C(=O)CCC1=O)C1CCN(S(=O)(=O)c2ccccc2-c2c3ccc(=[N+]4CCc5ccccc54)cc-3oc3cc(N4CCc5ccccc54)ccc23)CC1.[Cl-]. The summed E-state index contributed by atoms with van der Waals surface area (Å²) in [5.74, 6) is -1.80. The van der Waals surface area contributed by atoms with Gasteiger partial charge < -0.3 is 26.6 Å². The lowest BCUT2D eigenvalue weighted by Crippen LogP contribution is -3.00. The third-order valence-electron chi connectivity index (χ3n) is 11.8. The van der Waals surface area contributed by atoms with Crippen LogP contribution in [-0.2, 0) is 42.1 Å². The molecule has 4 aromatic carbocycles. The van der Waals surface area contributed by atoms with Crippen LogP contribution < -0.4 is 27.2 Å². The zero-order valence-corrected chi connectivity index (χ0v) is 33.0. The predicted molar refractivity (Wildman–Crippen MR) is 214 cm³/mol. The first-order valence-corrected chi connectivity index (χ1v) is 20.9. The van der Waals surface area contributed by atoms with E-state index < -0.39 is 33.7 Å². The summed E-state index contributed by atoms with van der Waals surface area (Å²) >= 11 is 0. The topological polar surface area (TPSA) is 120 Å². The van der Waals surface area contributed by atoms with Crippen molar-refractivity contribution in [2.75, 3.05) is 31.1 Å². The summed E-state index contributed by atoms with van der Waals surface area (Å²) in [6, 6.07) is 36.2. The number of para-hydroxylation sites is 2. The molecular weight excluding hydrogens is 776 g/mol. The minimum absolute atomic E-state index is 0. The lowest BCUT2D eigenvalue weighted by molar-refractivity contribution is -0.201. The number of fused-ring (bicyclic) bond motifs is 4. The van der Waals surface area contributed by atoms with Crippen molar-refractivity contribution in [3.05, 3.63) is 126 Å². The van der Waals surface area contributed by atoms with E-state index in [4.69, 9.17) is 9.25 Å². The number of hydrogen-bond donors (Lipinski definition) is 0. The van der Waals surface area contributed by atoms with Crippen LogP contribution in [0.5, 0.6) is 0 Å². The molecule has 0 unspecified atom stereocenters. The third kappa shape index (κ3) is 6.36. The number of piperidine rings is 1. The fourth-order valence-corrected chi connectivity index (χ4v) is 10.6. The molecule has 6 aliphatic rings. The molecule has 10 rings (SSSR count). The molecule has 2 saturated heterocycles. The number of nitrogens with zero attached hydrogens (tertiary/aromatic N) is 4. The molecule has 13 heteroatoms. The summed E-state index contributed by atoms with van der Waals surface area (Å²) in [6.07, 6.45) is 2.27. The van der Waals surface area contributed by atoms with Crippen molar-refractivity contribution >= 4 is 55.8 Å². The van der Waals surface area contributed by atoms with Gasteiger partial charge in [-0.2, -0.15) is 8.88 Å². The van der Waals surface area contributed by atoms with Crippen molar-refractivity contribution < 1.29 is 44.5 Å². The van der Waals surface area contributed by atoms with Crippen molar-refractivity contribution in [2.45, 2.75) is 43.4 Å². The number of carbonyl (C=O) groups excluding carboxylic acids is 3. The Kier molecular flexibility index (Phi) is 9.66. The van der Waals surface area contributed by atoms with Crippen LogP contribution in [0.4, 0.5) is 17.1 Å². The van der Waals surface area contributed by atoms with E-state index in [1.807, 2.05) is 24.3 Å². The van der Waals surface area contributed by atoms with Gasteiger partial charge in [-0.15, -0.1) is 5.06 Å². The number of anilines is 2. The second-order valence-corrected chi connectivity index (χ2v) is 17.0. The maximum Gasteiger partial charge on any atom is 0.336 e. The largest absolute Gasteiger partial charge is 1.00 e. The Morgan fingerprint density at radius 1 is 0.741 bits per heavy atom. The average molecular weight is 815 g/mol. The van der Waals surface area contributed by atoms with Crippen molar-refractivity contribution in [3.8, 4) is 22.5 Å². The highest BCUT2D eigenvalue weighted by Gasteiger charge is 2.39. The summed E-state index contributed by atoms with van der Waals surface area (Å²) < 4.78 is 39.8. The smallest absolute Gasteiger partial charge is 0.336 e. The number of amides is 2. The highest BCUT2D eigenvalue weighted by atomic mass is 35.5. The normalized spacial score (nSPS) is 18.1. The monoisotopic (exact) mass is 814 g/mol. The number of carbonyl (C=O) groups is 3. The number of sulfonamides is 1. The van der Waals surface area contributed by atoms with Gasteiger partial charge in [-0.1, -0.05) is 54.6 Å². The van der Waals surface area contributed by atoms with Gasteiger partial charge in [-0.05, 0) is 55.2 Å². The molecule has 0 N–H and O–H groups in total. The van der Waals surface area contributed by atoms with Gasteiger partial charge >= 0.3 is 5.97 Å². The van der Waals surface area contributed by atoms with E-state index in [9.17, 15) is 22.8 Å². The number of hydroxylamine groups is 2. The fourth-order valence-electron chi connectivity index (χ4n) is 8.90. The van der Waals surface area contributed by atoms with Crippen LogP contribution in [0.1, 0.15) is 36.8 Å². The van der Waals surface area contributed by atoms with E-state index in [0.717, 1.165) is 53.5 Å².